The lowest BCUT2D eigenvalue weighted by atomic mass is 9.94. The Morgan fingerprint density at radius 3 is 2.50 bits per heavy atom. The van der Waals surface area contributed by atoms with Crippen molar-refractivity contribution < 1.29 is 19.4 Å². The number of amides is 1. The molecule has 1 N–H and O–H groups in total. The molecule has 1 aromatic rings. The Balaban J connectivity index is 1.84. The Bertz CT molecular complexity index is 540. The maximum Gasteiger partial charge on any atom is 0.323 e. The van der Waals surface area contributed by atoms with Crippen LogP contribution in [0.1, 0.15) is 37.7 Å². The Hall–Kier alpha value is -1.59. The number of aliphatic carboxylic acids is 1. The van der Waals surface area contributed by atoms with E-state index in [9.17, 15) is 9.59 Å². The molecule has 1 fully saturated rings. The van der Waals surface area contributed by atoms with Crippen molar-refractivity contribution in [2.75, 3.05) is 19.8 Å². The molecule has 1 heterocycles. The Morgan fingerprint density at radius 2 is 1.88 bits per heavy atom. The number of hydrogen-bond acceptors (Lipinski definition) is 3. The van der Waals surface area contributed by atoms with Crippen LogP contribution in [0.3, 0.4) is 0 Å². The molecule has 0 bridgehead atoms. The molecule has 1 amide bonds. The van der Waals surface area contributed by atoms with Gasteiger partial charge in [-0.25, -0.2) is 0 Å². The van der Waals surface area contributed by atoms with Crippen LogP contribution in [0.5, 0.6) is 0 Å². The maximum absolute atomic E-state index is 12.4. The monoisotopic (exact) mass is 353 g/mol. The lowest BCUT2D eigenvalue weighted by Crippen LogP contribution is -2.35. The topological polar surface area (TPSA) is 66.8 Å². The number of rotatable bonds is 8. The van der Waals surface area contributed by atoms with Crippen LogP contribution in [0.4, 0.5) is 0 Å². The number of hydrogen-bond donors (Lipinski definition) is 1. The van der Waals surface area contributed by atoms with Gasteiger partial charge in [0.1, 0.15) is 6.54 Å². The molecule has 0 aliphatic carbocycles. The molecule has 1 saturated heterocycles. The van der Waals surface area contributed by atoms with Gasteiger partial charge < -0.3 is 14.7 Å². The van der Waals surface area contributed by atoms with Crippen LogP contribution in [-0.2, 0) is 20.9 Å². The van der Waals surface area contributed by atoms with Gasteiger partial charge in [0, 0.05) is 31.2 Å². The van der Waals surface area contributed by atoms with Crippen molar-refractivity contribution in [3.8, 4) is 0 Å². The average Bonchev–Trinajstić information content (AvgIpc) is 2.57. The van der Waals surface area contributed by atoms with Crippen LogP contribution in [-0.4, -0.2) is 41.6 Å². The van der Waals surface area contributed by atoms with Crippen molar-refractivity contribution in [1.29, 1.82) is 0 Å². The summed E-state index contributed by atoms with van der Waals surface area (Å²) in [5.74, 6) is -0.489. The van der Waals surface area contributed by atoms with E-state index in [1.807, 2.05) is 12.1 Å². The largest absolute Gasteiger partial charge is 0.480 e. The van der Waals surface area contributed by atoms with Gasteiger partial charge >= 0.3 is 5.97 Å². The molecule has 6 heteroatoms. The number of carboxylic acids is 1. The fourth-order valence-electron chi connectivity index (χ4n) is 2.94. The van der Waals surface area contributed by atoms with E-state index in [1.165, 1.54) is 4.90 Å². The van der Waals surface area contributed by atoms with Crippen LogP contribution in [0, 0.1) is 5.92 Å². The summed E-state index contributed by atoms with van der Waals surface area (Å²) >= 11 is 5.85. The molecule has 0 spiro atoms. The molecular weight excluding hydrogens is 330 g/mol. The summed E-state index contributed by atoms with van der Waals surface area (Å²) in [4.78, 5) is 24.9. The molecule has 132 valence electrons. The summed E-state index contributed by atoms with van der Waals surface area (Å²) in [5, 5.41) is 9.67. The standard InChI is InChI=1S/C18H24ClNO4/c19-16-6-4-15(5-7-16)12-20(13-18(22)23)17(21)3-1-2-14-8-10-24-11-9-14/h4-7,14H,1-3,8-13H2,(H,22,23). The molecule has 0 atom stereocenters. The maximum atomic E-state index is 12.4. The molecule has 1 aromatic carbocycles. The van der Waals surface area contributed by atoms with Gasteiger partial charge in [0.05, 0.1) is 0 Å². The van der Waals surface area contributed by atoms with Crippen molar-refractivity contribution >= 4 is 23.5 Å². The van der Waals surface area contributed by atoms with Crippen LogP contribution in [0.2, 0.25) is 5.02 Å². The second-order valence-electron chi connectivity index (χ2n) is 6.22. The van der Waals surface area contributed by atoms with Gasteiger partial charge in [-0.3, -0.25) is 9.59 Å². The minimum atomic E-state index is -0.998. The molecule has 5 nitrogen and oxygen atoms in total. The van der Waals surface area contributed by atoms with E-state index >= 15 is 0 Å². The summed E-state index contributed by atoms with van der Waals surface area (Å²) in [6, 6.07) is 7.11. The van der Waals surface area contributed by atoms with Gasteiger partial charge in [-0.15, -0.1) is 0 Å². The summed E-state index contributed by atoms with van der Waals surface area (Å²) in [6.07, 6.45) is 4.28. The number of nitrogens with zero attached hydrogens (tertiary/aromatic N) is 1. The first kappa shape index (κ1) is 18.7. The molecule has 0 aromatic heterocycles. The predicted octanol–water partition coefficient (Wildman–Crippen LogP) is 3.35. The van der Waals surface area contributed by atoms with E-state index in [-0.39, 0.29) is 12.5 Å². The van der Waals surface area contributed by atoms with Crippen LogP contribution in [0.15, 0.2) is 24.3 Å². The molecule has 0 unspecified atom stereocenters. The van der Waals surface area contributed by atoms with E-state index in [4.69, 9.17) is 21.4 Å². The molecule has 0 radical (unpaired) electrons. The summed E-state index contributed by atoms with van der Waals surface area (Å²) in [6.45, 7) is 1.62. The quantitative estimate of drug-likeness (QED) is 0.778. The van der Waals surface area contributed by atoms with E-state index in [2.05, 4.69) is 0 Å². The second-order valence-corrected chi connectivity index (χ2v) is 6.65. The van der Waals surface area contributed by atoms with Crippen molar-refractivity contribution in [3.63, 3.8) is 0 Å². The third-order valence-electron chi connectivity index (χ3n) is 4.31. The minimum Gasteiger partial charge on any atom is -0.480 e. The SMILES string of the molecule is O=C(O)CN(Cc1ccc(Cl)cc1)C(=O)CCCC1CCOCC1. The first-order valence-corrected chi connectivity index (χ1v) is 8.74. The molecule has 1 aliphatic rings. The van der Waals surface area contributed by atoms with Crippen molar-refractivity contribution in [2.45, 2.75) is 38.6 Å². The zero-order chi connectivity index (χ0) is 17.4. The summed E-state index contributed by atoms with van der Waals surface area (Å²) < 4.78 is 5.33. The van der Waals surface area contributed by atoms with Crippen molar-refractivity contribution in [1.82, 2.24) is 4.90 Å². The van der Waals surface area contributed by atoms with Gasteiger partial charge in [-0.05, 0) is 49.3 Å². The highest BCUT2D eigenvalue weighted by Gasteiger charge is 2.19. The predicted molar refractivity (Wildman–Crippen MR) is 91.9 cm³/mol. The third-order valence-corrected chi connectivity index (χ3v) is 4.56. The van der Waals surface area contributed by atoms with Gasteiger partial charge in [0.25, 0.3) is 0 Å². The highest BCUT2D eigenvalue weighted by Crippen LogP contribution is 2.21. The molecule has 0 saturated carbocycles. The third kappa shape index (κ3) is 6.49. The lowest BCUT2D eigenvalue weighted by molar-refractivity contribution is -0.145. The smallest absolute Gasteiger partial charge is 0.323 e. The number of ether oxygens (including phenoxy) is 1. The summed E-state index contributed by atoms with van der Waals surface area (Å²) in [7, 11) is 0. The lowest BCUT2D eigenvalue weighted by Gasteiger charge is -2.23. The van der Waals surface area contributed by atoms with E-state index in [1.54, 1.807) is 12.1 Å². The zero-order valence-electron chi connectivity index (χ0n) is 13.7. The number of carbonyl (C=O) groups is 2. The fourth-order valence-corrected chi connectivity index (χ4v) is 3.07. The van der Waals surface area contributed by atoms with Crippen molar-refractivity contribution in [2.24, 2.45) is 5.92 Å². The number of carbonyl (C=O) groups excluding carboxylic acids is 1. The van der Waals surface area contributed by atoms with Crippen LogP contribution < -0.4 is 0 Å². The first-order valence-electron chi connectivity index (χ1n) is 8.36. The number of benzene rings is 1. The molecular formula is C18H24ClNO4. The highest BCUT2D eigenvalue weighted by atomic mass is 35.5. The number of carboxylic acid groups (broad SMARTS) is 1. The van der Waals surface area contributed by atoms with Gasteiger partial charge in [-0.1, -0.05) is 23.7 Å². The first-order chi connectivity index (χ1) is 11.5. The van der Waals surface area contributed by atoms with E-state index in [0.717, 1.165) is 44.5 Å². The highest BCUT2D eigenvalue weighted by molar-refractivity contribution is 6.30. The normalized spacial score (nSPS) is 15.2. The summed E-state index contributed by atoms with van der Waals surface area (Å²) in [5.41, 5.74) is 0.874. The minimum absolute atomic E-state index is 0.112. The second kappa shape index (κ2) is 9.64. The fraction of sp³-hybridized carbons (Fsp3) is 0.556. The molecule has 2 rings (SSSR count). The van der Waals surface area contributed by atoms with Gasteiger partial charge in [-0.2, -0.15) is 0 Å². The van der Waals surface area contributed by atoms with E-state index < -0.39 is 5.97 Å². The Labute approximate surface area is 147 Å². The van der Waals surface area contributed by atoms with Gasteiger partial charge in [0.15, 0.2) is 0 Å². The van der Waals surface area contributed by atoms with Crippen LogP contribution in [0.25, 0.3) is 0 Å². The van der Waals surface area contributed by atoms with Crippen LogP contribution >= 0.6 is 11.6 Å². The molecule has 1 aliphatic heterocycles. The average molecular weight is 354 g/mol. The Kier molecular flexibility index (Phi) is 7.53. The zero-order valence-corrected chi connectivity index (χ0v) is 14.5. The Morgan fingerprint density at radius 1 is 1.21 bits per heavy atom. The molecule has 24 heavy (non-hydrogen) atoms. The number of halogens is 1. The van der Waals surface area contributed by atoms with Crippen molar-refractivity contribution in [3.05, 3.63) is 34.9 Å². The van der Waals surface area contributed by atoms with Gasteiger partial charge in [0.2, 0.25) is 5.91 Å². The van der Waals surface area contributed by atoms with E-state index in [0.29, 0.717) is 23.9 Å².